The van der Waals surface area contributed by atoms with Crippen LogP contribution in [-0.4, -0.2) is 28.1 Å². The number of hydrogen-bond donors (Lipinski definition) is 0. The van der Waals surface area contributed by atoms with Crippen molar-refractivity contribution in [2.45, 2.75) is 13.8 Å². The molecule has 0 aliphatic carbocycles. The minimum atomic E-state index is -2.40. The van der Waals surface area contributed by atoms with Crippen LogP contribution in [0, 0.1) is 49.3 Å². The molecule has 11 nitrogen and oxygen atoms in total. The molecule has 1 heterocycles. The van der Waals surface area contributed by atoms with Crippen LogP contribution in [0.25, 0.3) is 6.08 Å². The second-order valence-electron chi connectivity index (χ2n) is 8.31. The quantitative estimate of drug-likeness (QED) is 0.0638. The van der Waals surface area contributed by atoms with Crippen molar-refractivity contribution in [1.82, 2.24) is 0 Å². The van der Waals surface area contributed by atoms with Gasteiger partial charge in [-0.05, 0) is 59.6 Å². The number of anilines is 1. The van der Waals surface area contributed by atoms with Gasteiger partial charge in [0, 0.05) is 6.07 Å². The Morgan fingerprint density at radius 3 is 2.14 bits per heavy atom. The summed E-state index contributed by atoms with van der Waals surface area (Å²) in [6.45, 7) is 2.94. The topological polar surface area (TPSA) is 137 Å². The summed E-state index contributed by atoms with van der Waals surface area (Å²) in [5, 5.41) is 26.3. The van der Waals surface area contributed by atoms with Gasteiger partial charge in [0.2, 0.25) is 11.6 Å². The van der Waals surface area contributed by atoms with E-state index in [1.165, 1.54) is 25.1 Å². The van der Waals surface area contributed by atoms with Gasteiger partial charge in [0.1, 0.15) is 5.69 Å². The predicted octanol–water partition coefficient (Wildman–Crippen LogP) is 6.96. The van der Waals surface area contributed by atoms with Gasteiger partial charge in [-0.15, -0.1) is 0 Å². The van der Waals surface area contributed by atoms with E-state index in [0.717, 1.165) is 12.1 Å². The van der Waals surface area contributed by atoms with Gasteiger partial charge >= 0.3 is 5.69 Å². The second kappa shape index (κ2) is 11.5. The zero-order valence-corrected chi connectivity index (χ0v) is 22.7. The molecule has 1 aliphatic rings. The number of nitro groups is 2. The molecular formula is C25H14BrF5N4O7. The summed E-state index contributed by atoms with van der Waals surface area (Å²) in [5.41, 5.74) is -3.00. The molecular weight excluding hydrogens is 643 g/mol. The number of ether oxygens (including phenoxy) is 2. The van der Waals surface area contributed by atoms with E-state index in [9.17, 15) is 47.0 Å². The van der Waals surface area contributed by atoms with Crippen molar-refractivity contribution < 1.29 is 46.1 Å². The zero-order chi connectivity index (χ0) is 31.0. The molecule has 17 heteroatoms. The normalized spacial score (nSPS) is 13.9. The van der Waals surface area contributed by atoms with Gasteiger partial charge in [0.05, 0.1) is 38.3 Å². The average Bonchev–Trinajstić information content (AvgIpc) is 3.20. The Morgan fingerprint density at radius 2 is 1.57 bits per heavy atom. The molecule has 0 atom stereocenters. The monoisotopic (exact) mass is 656 g/mol. The first kappa shape index (κ1) is 30.0. The highest BCUT2D eigenvalue weighted by molar-refractivity contribution is 9.10. The summed E-state index contributed by atoms with van der Waals surface area (Å²) >= 11 is 3.24. The van der Waals surface area contributed by atoms with Gasteiger partial charge in [0.25, 0.3) is 11.6 Å². The third kappa shape index (κ3) is 5.37. The number of benzene rings is 3. The molecule has 1 aliphatic heterocycles. The molecule has 42 heavy (non-hydrogen) atoms. The molecule has 4 rings (SSSR count). The van der Waals surface area contributed by atoms with Crippen LogP contribution in [0.4, 0.5) is 39.0 Å². The molecule has 3 aromatic carbocycles. The Bertz CT molecular complexity index is 1720. The minimum absolute atomic E-state index is 0.0111. The van der Waals surface area contributed by atoms with Crippen LogP contribution in [0.5, 0.6) is 17.2 Å². The number of rotatable bonds is 8. The number of carbonyl (C=O) groups is 1. The number of hydrazone groups is 1. The van der Waals surface area contributed by atoms with Crippen LogP contribution in [0.15, 0.2) is 45.5 Å². The lowest BCUT2D eigenvalue weighted by atomic mass is 10.1. The standard InChI is InChI=1S/C25H14BrF5N4O7/c1-3-41-17-8-11(7-14(26)24(17)42-16-5-4-12(34(37)38)9-15(16)35(39)40)6-13-10(2)32-33(25(13)36)23-21(30)19(28)18(27)20(29)22(23)31/h4-9H,3H2,1-2H3/b13-6-. The number of nitrogens with zero attached hydrogens (tertiary/aromatic N) is 4. The van der Waals surface area contributed by atoms with E-state index < -0.39 is 61.9 Å². The fraction of sp³-hybridized carbons (Fsp3) is 0.120. The highest BCUT2D eigenvalue weighted by Gasteiger charge is 2.37. The summed E-state index contributed by atoms with van der Waals surface area (Å²) in [7, 11) is 0. The number of halogens is 6. The van der Waals surface area contributed by atoms with Crippen LogP contribution in [0.3, 0.4) is 0 Å². The van der Waals surface area contributed by atoms with Crippen LogP contribution in [0.1, 0.15) is 19.4 Å². The second-order valence-corrected chi connectivity index (χ2v) is 9.16. The van der Waals surface area contributed by atoms with Gasteiger partial charge < -0.3 is 9.47 Å². The Morgan fingerprint density at radius 1 is 0.952 bits per heavy atom. The number of carbonyl (C=O) groups excluding carboxylic acids is 1. The summed E-state index contributed by atoms with van der Waals surface area (Å²) in [4.78, 5) is 33.9. The lowest BCUT2D eigenvalue weighted by molar-refractivity contribution is -0.394. The SMILES string of the molecule is CCOc1cc(/C=C2\C(=O)N(c3c(F)c(F)c(F)c(F)c3F)N=C2C)cc(Br)c1Oc1ccc([N+](=O)[O-])cc1[N+](=O)[O-]. The Hall–Kier alpha value is -4.93. The lowest BCUT2D eigenvalue weighted by Gasteiger charge is -2.15. The van der Waals surface area contributed by atoms with Crippen molar-refractivity contribution in [2.24, 2.45) is 5.10 Å². The van der Waals surface area contributed by atoms with E-state index in [0.29, 0.717) is 6.07 Å². The maximum Gasteiger partial charge on any atom is 0.318 e. The van der Waals surface area contributed by atoms with Crippen molar-refractivity contribution >= 4 is 50.7 Å². The van der Waals surface area contributed by atoms with Crippen molar-refractivity contribution in [3.05, 3.63) is 95.3 Å². The summed E-state index contributed by atoms with van der Waals surface area (Å²) in [6.07, 6.45) is 1.19. The molecule has 0 spiro atoms. The van der Waals surface area contributed by atoms with Gasteiger partial charge in [-0.1, -0.05) is 0 Å². The molecule has 0 aromatic heterocycles. The number of non-ortho nitro benzene ring substituents is 1. The lowest BCUT2D eigenvalue weighted by Crippen LogP contribution is -2.25. The fourth-order valence-electron chi connectivity index (χ4n) is 3.77. The van der Waals surface area contributed by atoms with E-state index in [1.807, 2.05) is 0 Å². The Labute approximate surface area is 239 Å². The average molecular weight is 657 g/mol. The smallest absolute Gasteiger partial charge is 0.318 e. The summed E-state index contributed by atoms with van der Waals surface area (Å²) in [5.74, 6) is -13.1. The van der Waals surface area contributed by atoms with Crippen molar-refractivity contribution in [3.8, 4) is 17.2 Å². The molecule has 0 radical (unpaired) electrons. The van der Waals surface area contributed by atoms with Gasteiger partial charge in [0.15, 0.2) is 34.8 Å². The molecule has 0 bridgehead atoms. The molecule has 0 unspecified atom stereocenters. The van der Waals surface area contributed by atoms with Crippen molar-refractivity contribution in [3.63, 3.8) is 0 Å². The maximum absolute atomic E-state index is 14.3. The van der Waals surface area contributed by atoms with E-state index >= 15 is 0 Å². The van der Waals surface area contributed by atoms with Crippen LogP contribution in [0.2, 0.25) is 0 Å². The first-order chi connectivity index (χ1) is 19.8. The van der Waals surface area contributed by atoms with Crippen molar-refractivity contribution in [1.29, 1.82) is 0 Å². The third-order valence-electron chi connectivity index (χ3n) is 5.67. The van der Waals surface area contributed by atoms with E-state index in [-0.39, 0.29) is 50.2 Å². The summed E-state index contributed by atoms with van der Waals surface area (Å²) in [6, 6.07) is 5.43. The van der Waals surface area contributed by atoms with Gasteiger partial charge in [-0.2, -0.15) is 10.1 Å². The van der Waals surface area contributed by atoms with Crippen LogP contribution >= 0.6 is 15.9 Å². The van der Waals surface area contributed by atoms with E-state index in [1.54, 1.807) is 6.92 Å². The predicted molar refractivity (Wildman–Crippen MR) is 140 cm³/mol. The molecule has 3 aromatic rings. The highest BCUT2D eigenvalue weighted by Crippen LogP contribution is 2.43. The Balaban J connectivity index is 1.75. The summed E-state index contributed by atoms with van der Waals surface area (Å²) < 4.78 is 81.0. The van der Waals surface area contributed by atoms with E-state index in [4.69, 9.17) is 9.47 Å². The molecule has 1 amide bonds. The molecule has 0 N–H and O–H groups in total. The molecule has 0 fully saturated rings. The molecule has 0 saturated heterocycles. The van der Waals surface area contributed by atoms with Crippen molar-refractivity contribution in [2.75, 3.05) is 11.6 Å². The van der Waals surface area contributed by atoms with Crippen LogP contribution in [-0.2, 0) is 4.79 Å². The third-order valence-corrected chi connectivity index (χ3v) is 6.25. The van der Waals surface area contributed by atoms with E-state index in [2.05, 4.69) is 21.0 Å². The Kier molecular flexibility index (Phi) is 8.24. The fourth-order valence-corrected chi connectivity index (χ4v) is 4.31. The van der Waals surface area contributed by atoms with Gasteiger partial charge in [-0.3, -0.25) is 25.0 Å². The van der Waals surface area contributed by atoms with Crippen LogP contribution < -0.4 is 14.5 Å². The largest absolute Gasteiger partial charge is 0.490 e. The first-order valence-electron chi connectivity index (χ1n) is 11.5. The number of nitro benzene ring substituents is 2. The number of hydrogen-bond acceptors (Lipinski definition) is 8. The first-order valence-corrected chi connectivity index (χ1v) is 12.3. The zero-order valence-electron chi connectivity index (χ0n) is 21.1. The highest BCUT2D eigenvalue weighted by atomic mass is 79.9. The van der Waals surface area contributed by atoms with Gasteiger partial charge in [-0.25, -0.2) is 22.0 Å². The molecule has 0 saturated carbocycles. The number of amides is 1. The molecule has 218 valence electrons. The maximum atomic E-state index is 14.3. The minimum Gasteiger partial charge on any atom is -0.490 e.